The van der Waals surface area contributed by atoms with Crippen molar-refractivity contribution in [3.63, 3.8) is 0 Å². The SMILES string of the molecule is CC(C)(C)c1ccc2c(c1)C(=O)N(C1CCC(=O)NC1O)C2. The second-order valence-electron chi connectivity index (χ2n) is 7.17. The van der Waals surface area contributed by atoms with Crippen LogP contribution in [0.1, 0.15) is 55.1 Å². The lowest BCUT2D eigenvalue weighted by Gasteiger charge is -2.35. The van der Waals surface area contributed by atoms with Crippen LogP contribution in [0.4, 0.5) is 0 Å². The van der Waals surface area contributed by atoms with E-state index in [-0.39, 0.29) is 23.3 Å². The second-order valence-corrected chi connectivity index (χ2v) is 7.17. The lowest BCUT2D eigenvalue weighted by molar-refractivity contribution is -0.129. The standard InChI is InChI=1S/C17H22N2O3/c1-17(2,3)11-5-4-10-9-19(16(22)12(10)8-11)13-6-7-14(20)18-15(13)21/h4-5,8,13,15,21H,6-7,9H2,1-3H3,(H,18,20). The summed E-state index contributed by atoms with van der Waals surface area (Å²) < 4.78 is 0. The topological polar surface area (TPSA) is 69.6 Å². The van der Waals surface area contributed by atoms with E-state index in [1.807, 2.05) is 12.1 Å². The van der Waals surface area contributed by atoms with Crippen LogP contribution in [-0.2, 0) is 16.8 Å². The van der Waals surface area contributed by atoms with Crippen LogP contribution in [0.25, 0.3) is 0 Å². The third-order valence-electron chi connectivity index (χ3n) is 4.55. The maximum absolute atomic E-state index is 12.7. The molecule has 3 rings (SSSR count). The van der Waals surface area contributed by atoms with Crippen LogP contribution in [0.5, 0.6) is 0 Å². The van der Waals surface area contributed by atoms with E-state index in [0.717, 1.165) is 16.7 Å². The van der Waals surface area contributed by atoms with Gasteiger partial charge in [0.05, 0.1) is 6.04 Å². The van der Waals surface area contributed by atoms with Gasteiger partial charge < -0.3 is 15.3 Å². The van der Waals surface area contributed by atoms with Gasteiger partial charge in [0.2, 0.25) is 5.91 Å². The fraction of sp³-hybridized carbons (Fsp3) is 0.529. The molecule has 1 saturated heterocycles. The summed E-state index contributed by atoms with van der Waals surface area (Å²) in [6.45, 7) is 6.85. The van der Waals surface area contributed by atoms with Gasteiger partial charge in [-0.1, -0.05) is 32.9 Å². The van der Waals surface area contributed by atoms with Crippen molar-refractivity contribution < 1.29 is 14.7 Å². The van der Waals surface area contributed by atoms with E-state index in [1.165, 1.54) is 0 Å². The van der Waals surface area contributed by atoms with E-state index in [0.29, 0.717) is 19.4 Å². The minimum atomic E-state index is -0.985. The van der Waals surface area contributed by atoms with Crippen LogP contribution in [0, 0.1) is 0 Å². The summed E-state index contributed by atoms with van der Waals surface area (Å²) in [5, 5.41) is 12.6. The van der Waals surface area contributed by atoms with Gasteiger partial charge in [-0.05, 0) is 29.0 Å². The Bertz CT molecular complexity index is 633. The van der Waals surface area contributed by atoms with Gasteiger partial charge in [-0.15, -0.1) is 0 Å². The number of hydrogen-bond donors (Lipinski definition) is 2. The van der Waals surface area contributed by atoms with Gasteiger partial charge in [-0.2, -0.15) is 0 Å². The molecule has 5 nitrogen and oxygen atoms in total. The molecule has 2 heterocycles. The molecule has 1 aromatic carbocycles. The average molecular weight is 302 g/mol. The highest BCUT2D eigenvalue weighted by atomic mass is 16.3. The van der Waals surface area contributed by atoms with Crippen LogP contribution in [0.3, 0.4) is 0 Å². The van der Waals surface area contributed by atoms with E-state index in [2.05, 4.69) is 32.2 Å². The van der Waals surface area contributed by atoms with Gasteiger partial charge in [-0.25, -0.2) is 0 Å². The number of nitrogens with one attached hydrogen (secondary N) is 1. The first-order valence-electron chi connectivity index (χ1n) is 7.69. The number of fused-ring (bicyclic) bond motifs is 1. The second kappa shape index (κ2) is 5.09. The Balaban J connectivity index is 1.87. The van der Waals surface area contributed by atoms with Crippen molar-refractivity contribution in [2.75, 3.05) is 0 Å². The lowest BCUT2D eigenvalue weighted by Crippen LogP contribution is -2.55. The van der Waals surface area contributed by atoms with E-state index < -0.39 is 6.23 Å². The van der Waals surface area contributed by atoms with E-state index in [4.69, 9.17) is 0 Å². The highest BCUT2D eigenvalue weighted by molar-refractivity contribution is 5.99. The van der Waals surface area contributed by atoms with Gasteiger partial charge in [0.1, 0.15) is 6.23 Å². The smallest absolute Gasteiger partial charge is 0.254 e. The number of aliphatic hydroxyl groups excluding tert-OH is 1. The zero-order valence-corrected chi connectivity index (χ0v) is 13.2. The van der Waals surface area contributed by atoms with E-state index in [1.54, 1.807) is 4.90 Å². The first kappa shape index (κ1) is 15.0. The van der Waals surface area contributed by atoms with Crippen LogP contribution >= 0.6 is 0 Å². The molecule has 0 aromatic heterocycles. The van der Waals surface area contributed by atoms with Gasteiger partial charge in [0, 0.05) is 18.5 Å². The zero-order chi connectivity index (χ0) is 16.1. The average Bonchev–Trinajstić information content (AvgIpc) is 2.75. The number of rotatable bonds is 1. The summed E-state index contributed by atoms with van der Waals surface area (Å²) in [4.78, 5) is 25.7. The minimum Gasteiger partial charge on any atom is -0.372 e. The Morgan fingerprint density at radius 3 is 2.64 bits per heavy atom. The van der Waals surface area contributed by atoms with Crippen molar-refractivity contribution in [3.8, 4) is 0 Å². The third kappa shape index (κ3) is 2.50. The van der Waals surface area contributed by atoms with Crippen LogP contribution in [-0.4, -0.2) is 34.1 Å². The predicted octanol–water partition coefficient (Wildman–Crippen LogP) is 1.54. The summed E-state index contributed by atoms with van der Waals surface area (Å²) in [5.41, 5.74) is 2.82. The zero-order valence-electron chi connectivity index (χ0n) is 13.2. The van der Waals surface area contributed by atoms with Gasteiger partial charge in [0.25, 0.3) is 5.91 Å². The molecule has 0 saturated carbocycles. The molecule has 2 aliphatic heterocycles. The molecule has 1 aromatic rings. The van der Waals surface area contributed by atoms with Crippen molar-refractivity contribution in [1.29, 1.82) is 0 Å². The monoisotopic (exact) mass is 302 g/mol. The molecule has 118 valence electrons. The number of nitrogens with zero attached hydrogens (tertiary/aromatic N) is 1. The molecular weight excluding hydrogens is 280 g/mol. The maximum atomic E-state index is 12.7. The molecule has 2 amide bonds. The number of piperidine rings is 1. The molecular formula is C17H22N2O3. The Morgan fingerprint density at radius 2 is 2.00 bits per heavy atom. The van der Waals surface area contributed by atoms with Crippen molar-refractivity contribution >= 4 is 11.8 Å². The molecule has 2 aliphatic rings. The molecule has 2 N–H and O–H groups in total. The summed E-state index contributed by atoms with van der Waals surface area (Å²) >= 11 is 0. The number of aliphatic hydroxyl groups is 1. The van der Waals surface area contributed by atoms with Crippen molar-refractivity contribution in [2.45, 2.75) is 57.8 Å². The maximum Gasteiger partial charge on any atom is 0.254 e. The number of carbonyl (C=O) groups is 2. The number of carbonyl (C=O) groups excluding carboxylic acids is 2. The molecule has 0 radical (unpaired) electrons. The highest BCUT2D eigenvalue weighted by Gasteiger charge is 2.39. The molecule has 0 aliphatic carbocycles. The largest absolute Gasteiger partial charge is 0.372 e. The Kier molecular flexibility index (Phi) is 3.48. The fourth-order valence-corrected chi connectivity index (χ4v) is 3.15. The Labute approximate surface area is 130 Å². The minimum absolute atomic E-state index is 0.0128. The van der Waals surface area contributed by atoms with Crippen LogP contribution < -0.4 is 5.32 Å². The lowest BCUT2D eigenvalue weighted by atomic mass is 9.85. The summed E-state index contributed by atoms with van der Waals surface area (Å²) in [6.07, 6.45) is -0.143. The quantitative estimate of drug-likeness (QED) is 0.826. The Hall–Kier alpha value is -1.88. The molecule has 0 spiro atoms. The summed E-state index contributed by atoms with van der Waals surface area (Å²) in [7, 11) is 0. The molecule has 1 fully saturated rings. The van der Waals surface area contributed by atoms with Crippen LogP contribution in [0.2, 0.25) is 0 Å². The first-order valence-corrected chi connectivity index (χ1v) is 7.69. The third-order valence-corrected chi connectivity index (χ3v) is 4.55. The molecule has 0 bridgehead atoms. The highest BCUT2D eigenvalue weighted by Crippen LogP contribution is 2.32. The molecule has 2 atom stereocenters. The normalized spacial score (nSPS) is 25.2. The Morgan fingerprint density at radius 1 is 1.27 bits per heavy atom. The molecule has 5 heteroatoms. The van der Waals surface area contributed by atoms with E-state index in [9.17, 15) is 14.7 Å². The fourth-order valence-electron chi connectivity index (χ4n) is 3.15. The van der Waals surface area contributed by atoms with Gasteiger partial charge in [0.15, 0.2) is 0 Å². The predicted molar refractivity (Wildman–Crippen MR) is 82.2 cm³/mol. The van der Waals surface area contributed by atoms with Gasteiger partial charge >= 0.3 is 0 Å². The van der Waals surface area contributed by atoms with Crippen molar-refractivity contribution in [2.24, 2.45) is 0 Å². The molecule has 22 heavy (non-hydrogen) atoms. The first-order chi connectivity index (χ1) is 10.3. The van der Waals surface area contributed by atoms with Crippen LogP contribution in [0.15, 0.2) is 18.2 Å². The summed E-state index contributed by atoms with van der Waals surface area (Å²) in [6, 6.07) is 5.68. The van der Waals surface area contributed by atoms with E-state index >= 15 is 0 Å². The molecule has 2 unspecified atom stereocenters. The summed E-state index contributed by atoms with van der Waals surface area (Å²) in [5.74, 6) is -0.218. The van der Waals surface area contributed by atoms with Gasteiger partial charge in [-0.3, -0.25) is 9.59 Å². The number of hydrogen-bond acceptors (Lipinski definition) is 3. The van der Waals surface area contributed by atoms with Crippen molar-refractivity contribution in [1.82, 2.24) is 10.2 Å². The van der Waals surface area contributed by atoms with Crippen molar-refractivity contribution in [3.05, 3.63) is 34.9 Å². The number of amides is 2. The number of benzene rings is 1.